The first-order chi connectivity index (χ1) is 8.99. The van der Waals surface area contributed by atoms with Crippen molar-refractivity contribution < 1.29 is 14.8 Å². The first-order valence-corrected chi connectivity index (χ1v) is 6.22. The van der Waals surface area contributed by atoms with E-state index in [9.17, 15) is 15.2 Å². The van der Waals surface area contributed by atoms with Gasteiger partial charge in [-0.1, -0.05) is 12.1 Å². The second kappa shape index (κ2) is 7.83. The molecule has 0 aliphatic carbocycles. The maximum absolute atomic E-state index is 10.6. The molecule has 0 aliphatic rings. The van der Waals surface area contributed by atoms with Gasteiger partial charge in [0.05, 0.1) is 23.7 Å². The van der Waals surface area contributed by atoms with Gasteiger partial charge in [0.25, 0.3) is 5.69 Å². The average Bonchev–Trinajstić information content (AvgIpc) is 2.36. The van der Waals surface area contributed by atoms with Gasteiger partial charge >= 0.3 is 0 Å². The number of nitro groups is 1. The topological polar surface area (TPSA) is 84.6 Å². The van der Waals surface area contributed by atoms with Crippen LogP contribution in [0.5, 0.6) is 0 Å². The minimum Gasteiger partial charge on any atom is -0.389 e. The Bertz CT molecular complexity index is 409. The van der Waals surface area contributed by atoms with E-state index < -0.39 is 11.0 Å². The molecule has 1 atom stereocenters. The molecule has 0 spiro atoms. The molecular weight excluding hydrogens is 248 g/mol. The van der Waals surface area contributed by atoms with Crippen molar-refractivity contribution in [1.82, 2.24) is 5.32 Å². The fourth-order valence-electron chi connectivity index (χ4n) is 1.53. The number of rotatable bonds is 8. The highest BCUT2D eigenvalue weighted by Gasteiger charge is 2.07. The lowest BCUT2D eigenvalue weighted by Gasteiger charge is -2.14. The normalized spacial score (nSPS) is 12.6. The van der Waals surface area contributed by atoms with Crippen molar-refractivity contribution in [3.05, 3.63) is 39.9 Å². The van der Waals surface area contributed by atoms with Gasteiger partial charge in [-0.05, 0) is 19.4 Å². The van der Waals surface area contributed by atoms with E-state index in [1.54, 1.807) is 12.1 Å². The van der Waals surface area contributed by atoms with Crippen molar-refractivity contribution in [1.29, 1.82) is 0 Å². The predicted octanol–water partition coefficient (Wildman–Crippen LogP) is 1.47. The SMILES string of the molecule is CC(C)OCC(O)CNCc1cccc([N+](=O)[O-])c1. The van der Waals surface area contributed by atoms with Crippen LogP contribution in [-0.2, 0) is 11.3 Å². The molecule has 6 nitrogen and oxygen atoms in total. The van der Waals surface area contributed by atoms with Gasteiger partial charge in [-0.25, -0.2) is 0 Å². The summed E-state index contributed by atoms with van der Waals surface area (Å²) in [7, 11) is 0. The first kappa shape index (κ1) is 15.6. The zero-order valence-corrected chi connectivity index (χ0v) is 11.2. The van der Waals surface area contributed by atoms with Gasteiger partial charge in [-0.3, -0.25) is 10.1 Å². The molecule has 0 saturated heterocycles. The smallest absolute Gasteiger partial charge is 0.269 e. The fraction of sp³-hybridized carbons (Fsp3) is 0.538. The van der Waals surface area contributed by atoms with E-state index in [4.69, 9.17) is 4.74 Å². The summed E-state index contributed by atoms with van der Waals surface area (Å²) in [6, 6.07) is 6.42. The molecule has 1 rings (SSSR count). The highest BCUT2D eigenvalue weighted by molar-refractivity contribution is 5.34. The molecule has 0 aliphatic heterocycles. The third kappa shape index (κ3) is 6.28. The average molecular weight is 268 g/mol. The molecular formula is C13H20N2O4. The van der Waals surface area contributed by atoms with Crippen LogP contribution in [-0.4, -0.2) is 35.4 Å². The molecule has 106 valence electrons. The monoisotopic (exact) mass is 268 g/mol. The van der Waals surface area contributed by atoms with Crippen molar-refractivity contribution in [2.24, 2.45) is 0 Å². The summed E-state index contributed by atoms with van der Waals surface area (Å²) >= 11 is 0. The number of hydrogen-bond acceptors (Lipinski definition) is 5. The molecule has 0 aromatic heterocycles. The minimum absolute atomic E-state index is 0.0722. The Morgan fingerprint density at radius 1 is 1.47 bits per heavy atom. The predicted molar refractivity (Wildman–Crippen MR) is 71.9 cm³/mol. The van der Waals surface area contributed by atoms with E-state index in [1.165, 1.54) is 12.1 Å². The molecule has 0 bridgehead atoms. The van der Waals surface area contributed by atoms with E-state index in [2.05, 4.69) is 5.32 Å². The van der Waals surface area contributed by atoms with Crippen LogP contribution in [0.4, 0.5) is 5.69 Å². The molecule has 0 radical (unpaired) electrons. The van der Waals surface area contributed by atoms with Crippen molar-refractivity contribution in [3.63, 3.8) is 0 Å². The molecule has 0 saturated carbocycles. The minimum atomic E-state index is -0.582. The third-order valence-electron chi connectivity index (χ3n) is 2.45. The lowest BCUT2D eigenvalue weighted by atomic mass is 10.2. The van der Waals surface area contributed by atoms with Crippen LogP contribution in [0.3, 0.4) is 0 Å². The van der Waals surface area contributed by atoms with Gasteiger partial charge in [0, 0.05) is 25.2 Å². The summed E-state index contributed by atoms with van der Waals surface area (Å²) in [5.41, 5.74) is 0.883. The van der Waals surface area contributed by atoms with Gasteiger partial charge in [0.1, 0.15) is 0 Å². The Balaban J connectivity index is 2.32. The number of hydrogen-bond donors (Lipinski definition) is 2. The maximum atomic E-state index is 10.6. The molecule has 0 amide bonds. The molecule has 0 heterocycles. The van der Waals surface area contributed by atoms with Crippen LogP contribution in [0.15, 0.2) is 24.3 Å². The number of nitrogens with zero attached hydrogens (tertiary/aromatic N) is 1. The van der Waals surface area contributed by atoms with Crippen LogP contribution in [0.1, 0.15) is 19.4 Å². The zero-order chi connectivity index (χ0) is 14.3. The van der Waals surface area contributed by atoms with Crippen LogP contribution in [0.25, 0.3) is 0 Å². The summed E-state index contributed by atoms with van der Waals surface area (Å²) in [5.74, 6) is 0. The molecule has 6 heteroatoms. The van der Waals surface area contributed by atoms with E-state index in [0.717, 1.165) is 5.56 Å². The standard InChI is InChI=1S/C13H20N2O4/c1-10(2)19-9-13(16)8-14-7-11-4-3-5-12(6-11)15(17)18/h3-6,10,13-14,16H,7-9H2,1-2H3. The van der Waals surface area contributed by atoms with Gasteiger partial charge in [-0.2, -0.15) is 0 Å². The molecule has 0 fully saturated rings. The Kier molecular flexibility index (Phi) is 6.41. The second-order valence-electron chi connectivity index (χ2n) is 4.59. The van der Waals surface area contributed by atoms with Crippen molar-refractivity contribution in [3.8, 4) is 0 Å². The van der Waals surface area contributed by atoms with Gasteiger partial charge in [-0.15, -0.1) is 0 Å². The number of non-ortho nitro benzene ring substituents is 1. The van der Waals surface area contributed by atoms with Gasteiger partial charge in [0.2, 0.25) is 0 Å². The summed E-state index contributed by atoms with van der Waals surface area (Å²) in [4.78, 5) is 10.2. The Morgan fingerprint density at radius 3 is 2.84 bits per heavy atom. The summed E-state index contributed by atoms with van der Waals surface area (Å²) in [6.45, 7) is 4.95. The number of nitro benzene ring substituents is 1. The fourth-order valence-corrected chi connectivity index (χ4v) is 1.53. The number of aliphatic hydroxyl groups is 1. The van der Waals surface area contributed by atoms with Gasteiger partial charge in [0.15, 0.2) is 0 Å². The largest absolute Gasteiger partial charge is 0.389 e. The highest BCUT2D eigenvalue weighted by Crippen LogP contribution is 2.12. The van der Waals surface area contributed by atoms with Crippen LogP contribution in [0.2, 0.25) is 0 Å². The van der Waals surface area contributed by atoms with E-state index in [-0.39, 0.29) is 18.4 Å². The van der Waals surface area contributed by atoms with E-state index >= 15 is 0 Å². The summed E-state index contributed by atoms with van der Waals surface area (Å²) in [5, 5.41) is 23.3. The zero-order valence-electron chi connectivity index (χ0n) is 11.2. The molecule has 1 aromatic carbocycles. The van der Waals surface area contributed by atoms with Crippen molar-refractivity contribution >= 4 is 5.69 Å². The highest BCUT2D eigenvalue weighted by atomic mass is 16.6. The number of nitrogens with one attached hydrogen (secondary N) is 1. The molecule has 2 N–H and O–H groups in total. The van der Waals surface area contributed by atoms with Crippen molar-refractivity contribution in [2.45, 2.75) is 32.6 Å². The van der Waals surface area contributed by atoms with E-state index in [0.29, 0.717) is 13.1 Å². The number of benzene rings is 1. The Labute approximate surface area is 112 Å². The number of aliphatic hydroxyl groups excluding tert-OH is 1. The third-order valence-corrected chi connectivity index (χ3v) is 2.45. The Hall–Kier alpha value is -1.50. The van der Waals surface area contributed by atoms with Crippen LogP contribution < -0.4 is 5.32 Å². The Morgan fingerprint density at radius 2 is 2.21 bits per heavy atom. The van der Waals surface area contributed by atoms with E-state index in [1.807, 2.05) is 13.8 Å². The first-order valence-electron chi connectivity index (χ1n) is 6.22. The van der Waals surface area contributed by atoms with Crippen molar-refractivity contribution in [2.75, 3.05) is 13.2 Å². The van der Waals surface area contributed by atoms with Crippen LogP contribution >= 0.6 is 0 Å². The summed E-state index contributed by atoms with van der Waals surface area (Å²) < 4.78 is 5.28. The second-order valence-corrected chi connectivity index (χ2v) is 4.59. The number of ether oxygens (including phenoxy) is 1. The van der Waals surface area contributed by atoms with Crippen LogP contribution in [0, 0.1) is 10.1 Å². The lowest BCUT2D eigenvalue weighted by Crippen LogP contribution is -2.31. The maximum Gasteiger partial charge on any atom is 0.269 e. The molecule has 1 aromatic rings. The molecule has 19 heavy (non-hydrogen) atoms. The summed E-state index contributed by atoms with van der Waals surface area (Å²) in [6.07, 6.45) is -0.493. The van der Waals surface area contributed by atoms with Gasteiger partial charge < -0.3 is 15.2 Å². The lowest BCUT2D eigenvalue weighted by molar-refractivity contribution is -0.384. The quantitative estimate of drug-likeness (QED) is 0.551. The molecule has 1 unspecified atom stereocenters.